The number of nitrogens with zero attached hydrogens (tertiary/aromatic N) is 3. The van der Waals surface area contributed by atoms with Gasteiger partial charge in [-0.1, -0.05) is 90.4 Å². The molecule has 192 valence electrons. The number of hydrogen-bond donors (Lipinski definition) is 0. The largest absolute Gasteiger partial charge is 0.494 e. The second-order valence-electron chi connectivity index (χ2n) is 9.57. The third-order valence-corrected chi connectivity index (χ3v) is 6.55. The van der Waals surface area contributed by atoms with Crippen molar-refractivity contribution in [2.45, 2.75) is 96.8 Å². The first-order chi connectivity index (χ1) is 17.8. The van der Waals surface area contributed by atoms with Gasteiger partial charge in [0.25, 0.3) is 0 Å². The van der Waals surface area contributed by atoms with Gasteiger partial charge in [0, 0.05) is 11.1 Å². The molecule has 36 heavy (non-hydrogen) atoms. The molecule has 0 aliphatic carbocycles. The summed E-state index contributed by atoms with van der Waals surface area (Å²) in [6.45, 7) is 3.03. The lowest BCUT2D eigenvalue weighted by Crippen LogP contribution is -1.97. The molecule has 0 N–H and O–H groups in total. The summed E-state index contributed by atoms with van der Waals surface area (Å²) in [7, 11) is 0. The van der Waals surface area contributed by atoms with Gasteiger partial charge < -0.3 is 9.15 Å². The molecule has 5 heteroatoms. The Bertz CT molecular complexity index is 1020. The van der Waals surface area contributed by atoms with Crippen LogP contribution in [0.1, 0.15) is 102 Å². The number of benzene rings is 2. The van der Waals surface area contributed by atoms with Crippen LogP contribution >= 0.6 is 0 Å². The zero-order valence-electron chi connectivity index (χ0n) is 21.9. The van der Waals surface area contributed by atoms with Crippen molar-refractivity contribution in [3.05, 3.63) is 54.1 Å². The highest BCUT2D eigenvalue weighted by molar-refractivity contribution is 5.59. The molecule has 0 bridgehead atoms. The summed E-state index contributed by atoms with van der Waals surface area (Å²) in [4.78, 5) is 0. The van der Waals surface area contributed by atoms with Crippen molar-refractivity contribution in [3.8, 4) is 34.7 Å². The van der Waals surface area contributed by atoms with Gasteiger partial charge >= 0.3 is 0 Å². The van der Waals surface area contributed by atoms with E-state index in [1.807, 2.05) is 36.4 Å². The van der Waals surface area contributed by atoms with Crippen LogP contribution in [-0.4, -0.2) is 16.8 Å². The lowest BCUT2D eigenvalue weighted by Gasteiger charge is -2.07. The third kappa shape index (κ3) is 9.85. The average Bonchev–Trinajstić information content (AvgIpc) is 3.42. The highest BCUT2D eigenvalue weighted by atomic mass is 16.5. The Morgan fingerprint density at radius 1 is 0.639 bits per heavy atom. The van der Waals surface area contributed by atoms with Crippen LogP contribution in [0.2, 0.25) is 0 Å². The number of ether oxygens (including phenoxy) is 1. The number of unbranched alkanes of at least 4 members (excludes halogenated alkanes) is 13. The van der Waals surface area contributed by atoms with Gasteiger partial charge in [0.05, 0.1) is 18.2 Å². The van der Waals surface area contributed by atoms with Gasteiger partial charge in [0.1, 0.15) is 5.75 Å². The second-order valence-corrected chi connectivity index (χ2v) is 9.57. The standard InChI is InChI=1S/C31H41N3O2/c1-2-3-4-5-6-7-8-9-10-11-12-13-14-15-24-35-29-22-20-28(21-23-29)31-34-33-30(36-31)27-18-16-26(25-32)17-19-27/h16-23H,2-15,24H2,1H3. The first kappa shape index (κ1) is 27.5. The van der Waals surface area contributed by atoms with Gasteiger partial charge in [-0.25, -0.2) is 0 Å². The lowest BCUT2D eigenvalue weighted by molar-refractivity contribution is 0.304. The van der Waals surface area contributed by atoms with E-state index in [1.54, 1.807) is 12.1 Å². The number of nitriles is 1. The summed E-state index contributed by atoms with van der Waals surface area (Å²) in [6.07, 6.45) is 19.0. The molecule has 0 saturated heterocycles. The maximum absolute atomic E-state index is 8.93. The van der Waals surface area contributed by atoms with Crippen LogP contribution < -0.4 is 4.74 Å². The Morgan fingerprint density at radius 2 is 1.08 bits per heavy atom. The van der Waals surface area contributed by atoms with E-state index in [-0.39, 0.29) is 0 Å². The normalized spacial score (nSPS) is 10.9. The van der Waals surface area contributed by atoms with Crippen molar-refractivity contribution >= 4 is 0 Å². The summed E-state index contributed by atoms with van der Waals surface area (Å²) in [5.74, 6) is 1.76. The van der Waals surface area contributed by atoms with Crippen molar-refractivity contribution in [2.75, 3.05) is 6.61 Å². The topological polar surface area (TPSA) is 71.9 Å². The Labute approximate surface area is 216 Å². The van der Waals surface area contributed by atoms with E-state index in [9.17, 15) is 0 Å². The van der Waals surface area contributed by atoms with Gasteiger partial charge in [0.15, 0.2) is 0 Å². The Kier molecular flexibility index (Phi) is 12.6. The highest BCUT2D eigenvalue weighted by Gasteiger charge is 2.10. The van der Waals surface area contributed by atoms with E-state index in [2.05, 4.69) is 23.2 Å². The average molecular weight is 488 g/mol. The second kappa shape index (κ2) is 16.5. The quantitative estimate of drug-likeness (QED) is 0.167. The van der Waals surface area contributed by atoms with Crippen LogP contribution in [0, 0.1) is 11.3 Å². The molecule has 0 aliphatic rings. The molecule has 3 rings (SSSR count). The molecule has 1 heterocycles. The van der Waals surface area contributed by atoms with Crippen LogP contribution in [-0.2, 0) is 0 Å². The zero-order chi connectivity index (χ0) is 25.3. The monoisotopic (exact) mass is 487 g/mol. The van der Waals surface area contributed by atoms with Gasteiger partial charge in [-0.3, -0.25) is 0 Å². The Hall–Kier alpha value is -3.13. The summed E-state index contributed by atoms with van der Waals surface area (Å²) < 4.78 is 11.7. The van der Waals surface area contributed by atoms with Crippen LogP contribution in [0.3, 0.4) is 0 Å². The molecule has 0 amide bonds. The summed E-state index contributed by atoms with van der Waals surface area (Å²) in [6, 6.07) is 17.0. The van der Waals surface area contributed by atoms with Crippen molar-refractivity contribution in [1.29, 1.82) is 5.26 Å². The fourth-order valence-corrected chi connectivity index (χ4v) is 4.32. The molecule has 0 saturated carbocycles. The van der Waals surface area contributed by atoms with E-state index in [0.29, 0.717) is 17.3 Å². The van der Waals surface area contributed by atoms with E-state index in [0.717, 1.165) is 29.9 Å². The molecule has 1 aromatic heterocycles. The Balaban J connectivity index is 1.24. The summed E-state index contributed by atoms with van der Waals surface area (Å²) >= 11 is 0. The molecular formula is C31H41N3O2. The minimum absolute atomic E-state index is 0.438. The predicted octanol–water partition coefficient (Wildman–Crippen LogP) is 9.14. The predicted molar refractivity (Wildman–Crippen MR) is 146 cm³/mol. The minimum atomic E-state index is 0.438. The molecule has 5 nitrogen and oxygen atoms in total. The lowest BCUT2D eigenvalue weighted by atomic mass is 10.0. The van der Waals surface area contributed by atoms with Crippen LogP contribution in [0.25, 0.3) is 22.9 Å². The van der Waals surface area contributed by atoms with Gasteiger partial charge in [-0.15, -0.1) is 10.2 Å². The molecule has 0 aliphatic heterocycles. The number of rotatable bonds is 18. The minimum Gasteiger partial charge on any atom is -0.494 e. The fourth-order valence-electron chi connectivity index (χ4n) is 4.32. The van der Waals surface area contributed by atoms with Gasteiger partial charge in [-0.2, -0.15) is 5.26 Å². The van der Waals surface area contributed by atoms with E-state index < -0.39 is 0 Å². The molecule has 3 aromatic rings. The first-order valence-corrected chi connectivity index (χ1v) is 13.9. The maximum Gasteiger partial charge on any atom is 0.248 e. The summed E-state index contributed by atoms with van der Waals surface area (Å²) in [5.41, 5.74) is 2.25. The molecule has 2 aromatic carbocycles. The molecule has 0 fully saturated rings. The highest BCUT2D eigenvalue weighted by Crippen LogP contribution is 2.26. The van der Waals surface area contributed by atoms with Crippen LogP contribution in [0.5, 0.6) is 5.75 Å². The van der Waals surface area contributed by atoms with Gasteiger partial charge in [0.2, 0.25) is 11.8 Å². The van der Waals surface area contributed by atoms with Crippen molar-refractivity contribution in [3.63, 3.8) is 0 Å². The maximum atomic E-state index is 8.93. The van der Waals surface area contributed by atoms with Crippen molar-refractivity contribution < 1.29 is 9.15 Å². The van der Waals surface area contributed by atoms with Crippen LogP contribution in [0.4, 0.5) is 0 Å². The molecular weight excluding hydrogens is 446 g/mol. The molecule has 0 radical (unpaired) electrons. The van der Waals surface area contributed by atoms with Crippen molar-refractivity contribution in [2.24, 2.45) is 0 Å². The van der Waals surface area contributed by atoms with E-state index in [4.69, 9.17) is 14.4 Å². The van der Waals surface area contributed by atoms with Crippen LogP contribution in [0.15, 0.2) is 52.9 Å². The SMILES string of the molecule is CCCCCCCCCCCCCCCCOc1ccc(-c2nnc(-c3ccc(C#N)cc3)o2)cc1. The van der Waals surface area contributed by atoms with Crippen molar-refractivity contribution in [1.82, 2.24) is 10.2 Å². The third-order valence-electron chi connectivity index (χ3n) is 6.55. The number of hydrogen-bond acceptors (Lipinski definition) is 5. The first-order valence-electron chi connectivity index (χ1n) is 13.9. The van der Waals surface area contributed by atoms with E-state index in [1.165, 1.54) is 83.5 Å². The smallest absolute Gasteiger partial charge is 0.248 e. The summed E-state index contributed by atoms with van der Waals surface area (Å²) in [5, 5.41) is 17.2. The molecule has 0 unspecified atom stereocenters. The van der Waals surface area contributed by atoms with Gasteiger partial charge in [-0.05, 0) is 55.0 Å². The fraction of sp³-hybridized carbons (Fsp3) is 0.516. The van der Waals surface area contributed by atoms with E-state index >= 15 is 0 Å². The molecule has 0 atom stereocenters. The Morgan fingerprint density at radius 3 is 1.56 bits per heavy atom. The zero-order valence-corrected chi connectivity index (χ0v) is 21.9. The number of aromatic nitrogens is 2. The molecule has 0 spiro atoms.